The Hall–Kier alpha value is -1.32. The van der Waals surface area contributed by atoms with Crippen LogP contribution in [0.4, 0.5) is 0 Å². The van der Waals surface area contributed by atoms with Gasteiger partial charge in [-0.25, -0.2) is 0 Å². The van der Waals surface area contributed by atoms with Crippen molar-refractivity contribution < 1.29 is 9.90 Å². The number of nitrogens with zero attached hydrogens (tertiary/aromatic N) is 1. The molecule has 0 amide bonds. The summed E-state index contributed by atoms with van der Waals surface area (Å²) in [5, 5.41) is 11.7. The lowest BCUT2D eigenvalue weighted by Crippen LogP contribution is -2.41. The van der Waals surface area contributed by atoms with E-state index in [1.54, 1.807) is 18.5 Å². The van der Waals surface area contributed by atoms with Gasteiger partial charge in [0.2, 0.25) is 0 Å². The Morgan fingerprint density at radius 1 is 1.69 bits per heavy atom. The number of carboxylic acids is 1. The lowest BCUT2D eigenvalue weighted by molar-refractivity contribution is -0.137. The second kappa shape index (κ2) is 4.07. The highest BCUT2D eigenvalue weighted by Gasteiger charge is 2.26. The van der Waals surface area contributed by atoms with Crippen molar-refractivity contribution >= 4 is 12.2 Å². The first kappa shape index (κ1) is 9.77. The third-order valence-corrected chi connectivity index (χ3v) is 2.19. The van der Waals surface area contributed by atoms with E-state index >= 15 is 0 Å². The van der Waals surface area contributed by atoms with Crippen LogP contribution in [0, 0.1) is 0 Å². The average Bonchev–Trinajstić information content (AvgIpc) is 2.16. The Kier molecular flexibility index (Phi) is 3.06. The van der Waals surface area contributed by atoms with Gasteiger partial charge in [-0.05, 0) is 18.7 Å². The maximum Gasteiger partial charge on any atom is 0.303 e. The normalized spacial score (nSPS) is 25.6. The minimum absolute atomic E-state index is 0.145. The summed E-state index contributed by atoms with van der Waals surface area (Å²) < 4.78 is 0. The molecule has 0 aromatic heterocycles. The van der Waals surface area contributed by atoms with Crippen LogP contribution in [-0.4, -0.2) is 23.0 Å². The van der Waals surface area contributed by atoms with Crippen LogP contribution >= 0.6 is 0 Å². The molecule has 0 aromatic carbocycles. The molecule has 0 spiro atoms. The molecule has 1 unspecified atom stereocenters. The topological polar surface area (TPSA) is 61.7 Å². The molecule has 0 aromatic rings. The van der Waals surface area contributed by atoms with Crippen LogP contribution in [0.2, 0.25) is 0 Å². The zero-order chi connectivity index (χ0) is 9.73. The van der Waals surface area contributed by atoms with E-state index in [0.29, 0.717) is 6.42 Å². The van der Waals surface area contributed by atoms with E-state index in [-0.39, 0.29) is 6.42 Å². The molecule has 13 heavy (non-hydrogen) atoms. The molecule has 0 saturated heterocycles. The smallest absolute Gasteiger partial charge is 0.303 e. The minimum Gasteiger partial charge on any atom is -0.481 e. The van der Waals surface area contributed by atoms with Crippen molar-refractivity contribution in [1.29, 1.82) is 0 Å². The lowest BCUT2D eigenvalue weighted by Gasteiger charge is -2.30. The molecular formula is C9H14N2O2. The number of carbonyl (C=O) groups is 1. The molecule has 0 radical (unpaired) electrons. The van der Waals surface area contributed by atoms with Gasteiger partial charge in [0.15, 0.2) is 0 Å². The molecule has 0 saturated carbocycles. The monoisotopic (exact) mass is 182 g/mol. The Labute approximate surface area is 77.4 Å². The molecule has 72 valence electrons. The number of aliphatic imine (C=N–C) groups is 1. The molecule has 0 aliphatic carbocycles. The Morgan fingerprint density at radius 3 is 2.92 bits per heavy atom. The highest BCUT2D eigenvalue weighted by Crippen LogP contribution is 2.20. The maximum absolute atomic E-state index is 10.4. The van der Waals surface area contributed by atoms with Gasteiger partial charge in [0.05, 0.1) is 0 Å². The number of allylic oxidation sites excluding steroid dienone is 1. The Bertz CT molecular complexity index is 248. The van der Waals surface area contributed by atoms with Crippen LogP contribution in [0.1, 0.15) is 26.2 Å². The average molecular weight is 182 g/mol. The maximum atomic E-state index is 10.4. The van der Waals surface area contributed by atoms with Crippen LogP contribution in [0.3, 0.4) is 0 Å². The van der Waals surface area contributed by atoms with Crippen molar-refractivity contribution in [1.82, 2.24) is 5.32 Å². The third kappa shape index (κ3) is 2.57. The van der Waals surface area contributed by atoms with Crippen LogP contribution < -0.4 is 5.32 Å². The molecule has 1 aliphatic rings. The van der Waals surface area contributed by atoms with Gasteiger partial charge in [0.1, 0.15) is 5.66 Å². The number of nitrogens with one attached hydrogen (secondary N) is 1. The van der Waals surface area contributed by atoms with E-state index in [9.17, 15) is 4.79 Å². The van der Waals surface area contributed by atoms with E-state index in [1.807, 2.05) is 6.92 Å². The second-order valence-electron chi connectivity index (χ2n) is 3.06. The quantitative estimate of drug-likeness (QED) is 0.685. The van der Waals surface area contributed by atoms with Gasteiger partial charge < -0.3 is 10.4 Å². The van der Waals surface area contributed by atoms with Crippen molar-refractivity contribution in [3.8, 4) is 0 Å². The van der Waals surface area contributed by atoms with E-state index in [0.717, 1.165) is 6.42 Å². The van der Waals surface area contributed by atoms with Gasteiger partial charge >= 0.3 is 5.97 Å². The predicted octanol–water partition coefficient (Wildman–Crippen LogP) is 1.15. The molecule has 1 atom stereocenters. The van der Waals surface area contributed by atoms with Crippen LogP contribution in [0.25, 0.3) is 0 Å². The first-order chi connectivity index (χ1) is 6.18. The molecule has 2 N–H and O–H groups in total. The minimum atomic E-state index is -0.778. The highest BCUT2D eigenvalue weighted by atomic mass is 16.4. The zero-order valence-corrected chi connectivity index (χ0v) is 7.66. The number of aliphatic carboxylic acids is 1. The first-order valence-corrected chi connectivity index (χ1v) is 4.38. The first-order valence-electron chi connectivity index (χ1n) is 4.38. The van der Waals surface area contributed by atoms with E-state index in [1.165, 1.54) is 0 Å². The number of carboxylic acid groups (broad SMARTS) is 1. The summed E-state index contributed by atoms with van der Waals surface area (Å²) in [7, 11) is 0. The van der Waals surface area contributed by atoms with Crippen LogP contribution in [0.5, 0.6) is 0 Å². The molecule has 1 aliphatic heterocycles. The van der Waals surface area contributed by atoms with Gasteiger partial charge in [-0.15, -0.1) is 0 Å². The molecule has 0 bridgehead atoms. The Balaban J connectivity index is 2.55. The van der Waals surface area contributed by atoms with E-state index in [4.69, 9.17) is 5.11 Å². The molecule has 1 heterocycles. The number of hydrogen-bond acceptors (Lipinski definition) is 3. The molecule has 1 rings (SSSR count). The van der Waals surface area contributed by atoms with Crippen LogP contribution in [-0.2, 0) is 4.79 Å². The van der Waals surface area contributed by atoms with Gasteiger partial charge in [-0.1, -0.05) is 6.92 Å². The summed E-state index contributed by atoms with van der Waals surface area (Å²) in [5.74, 6) is -0.778. The SMILES string of the molecule is CCC1(CCC(=O)O)N=CC=CN1. The number of hydrogen-bond donors (Lipinski definition) is 2. The number of rotatable bonds is 4. The molecule has 4 nitrogen and oxygen atoms in total. The fraction of sp³-hybridized carbons (Fsp3) is 0.556. The largest absolute Gasteiger partial charge is 0.481 e. The third-order valence-electron chi connectivity index (χ3n) is 2.19. The summed E-state index contributed by atoms with van der Waals surface area (Å²) in [6.07, 6.45) is 6.78. The summed E-state index contributed by atoms with van der Waals surface area (Å²) in [6.45, 7) is 1.99. The van der Waals surface area contributed by atoms with Gasteiger partial charge in [-0.2, -0.15) is 0 Å². The van der Waals surface area contributed by atoms with Crippen molar-refractivity contribution in [2.24, 2.45) is 4.99 Å². The van der Waals surface area contributed by atoms with E-state index in [2.05, 4.69) is 10.3 Å². The molecule has 4 heteroatoms. The summed E-state index contributed by atoms with van der Waals surface area (Å²) in [5.41, 5.74) is -0.396. The van der Waals surface area contributed by atoms with Crippen molar-refractivity contribution in [3.05, 3.63) is 12.3 Å². The van der Waals surface area contributed by atoms with Gasteiger partial charge in [0.25, 0.3) is 0 Å². The fourth-order valence-electron chi connectivity index (χ4n) is 1.29. The van der Waals surface area contributed by atoms with E-state index < -0.39 is 11.6 Å². The standard InChI is InChI=1S/C9H14N2O2/c1-2-9(5-4-8(12)13)10-6-3-7-11-9/h3,6-7,10H,2,4-5H2,1H3,(H,12,13). The summed E-state index contributed by atoms with van der Waals surface area (Å²) in [4.78, 5) is 14.7. The molecular weight excluding hydrogens is 168 g/mol. The second-order valence-corrected chi connectivity index (χ2v) is 3.06. The van der Waals surface area contributed by atoms with Crippen molar-refractivity contribution in [3.63, 3.8) is 0 Å². The fourth-order valence-corrected chi connectivity index (χ4v) is 1.29. The summed E-state index contributed by atoms with van der Waals surface area (Å²) in [6, 6.07) is 0. The molecule has 0 fully saturated rings. The van der Waals surface area contributed by atoms with Crippen molar-refractivity contribution in [2.75, 3.05) is 0 Å². The van der Waals surface area contributed by atoms with Crippen molar-refractivity contribution in [2.45, 2.75) is 31.8 Å². The zero-order valence-electron chi connectivity index (χ0n) is 7.66. The van der Waals surface area contributed by atoms with Gasteiger partial charge in [-0.3, -0.25) is 9.79 Å². The highest BCUT2D eigenvalue weighted by molar-refractivity contribution is 5.72. The van der Waals surface area contributed by atoms with Gasteiger partial charge in [0, 0.05) is 19.1 Å². The summed E-state index contributed by atoms with van der Waals surface area (Å²) >= 11 is 0. The Morgan fingerprint density at radius 2 is 2.46 bits per heavy atom. The van der Waals surface area contributed by atoms with Crippen LogP contribution in [0.15, 0.2) is 17.3 Å². The predicted molar refractivity (Wildman–Crippen MR) is 50.7 cm³/mol. The lowest BCUT2D eigenvalue weighted by atomic mass is 10.0.